The quantitative estimate of drug-likeness (QED) is 0.781. The molecule has 0 unspecified atom stereocenters. The first-order valence-electron chi connectivity index (χ1n) is 5.50. The molecule has 2 heteroatoms. The van der Waals surface area contributed by atoms with Crippen molar-refractivity contribution in [2.45, 2.75) is 13.8 Å². The summed E-state index contributed by atoms with van der Waals surface area (Å²) in [7, 11) is 1.67. The molecule has 0 N–H and O–H groups in total. The van der Waals surface area contributed by atoms with Gasteiger partial charge in [0.25, 0.3) is 0 Å². The summed E-state index contributed by atoms with van der Waals surface area (Å²) >= 11 is 0. The van der Waals surface area contributed by atoms with Crippen LogP contribution in [0.15, 0.2) is 41.7 Å². The number of furan rings is 1. The minimum absolute atomic E-state index is 0.867. The van der Waals surface area contributed by atoms with Crippen LogP contribution in [0.3, 0.4) is 0 Å². The molecular formula is C15H16O2. The standard InChI is InChI=1S/C15H16O2/c1-10(2)14-8-17-9-15(14)13-6-5-12(16-4)7-11(13)3/h5-9H,1H2,2-4H3. The minimum Gasteiger partial charge on any atom is -0.497 e. The van der Waals surface area contributed by atoms with Crippen molar-refractivity contribution in [3.05, 3.63) is 48.4 Å². The van der Waals surface area contributed by atoms with Gasteiger partial charge in [0.05, 0.1) is 19.6 Å². The summed E-state index contributed by atoms with van der Waals surface area (Å²) in [6, 6.07) is 6.02. The Labute approximate surface area is 102 Å². The molecule has 1 heterocycles. The lowest BCUT2D eigenvalue weighted by Gasteiger charge is -2.08. The van der Waals surface area contributed by atoms with Gasteiger partial charge in [0.1, 0.15) is 5.75 Å². The zero-order chi connectivity index (χ0) is 12.4. The second-order valence-electron chi connectivity index (χ2n) is 4.16. The highest BCUT2D eigenvalue weighted by molar-refractivity contribution is 5.80. The van der Waals surface area contributed by atoms with E-state index in [1.807, 2.05) is 25.1 Å². The lowest BCUT2D eigenvalue weighted by atomic mass is 9.97. The Morgan fingerprint density at radius 3 is 2.59 bits per heavy atom. The second kappa shape index (κ2) is 4.50. The van der Waals surface area contributed by atoms with Crippen molar-refractivity contribution in [1.82, 2.24) is 0 Å². The molecule has 2 aromatic rings. The van der Waals surface area contributed by atoms with E-state index in [-0.39, 0.29) is 0 Å². The number of hydrogen-bond acceptors (Lipinski definition) is 2. The minimum atomic E-state index is 0.867. The molecule has 0 aliphatic heterocycles. The number of allylic oxidation sites excluding steroid dienone is 1. The fourth-order valence-electron chi connectivity index (χ4n) is 1.90. The van der Waals surface area contributed by atoms with Crippen molar-refractivity contribution in [1.29, 1.82) is 0 Å². The molecule has 0 aliphatic rings. The summed E-state index contributed by atoms with van der Waals surface area (Å²) in [4.78, 5) is 0. The number of ether oxygens (including phenoxy) is 1. The highest BCUT2D eigenvalue weighted by atomic mass is 16.5. The topological polar surface area (TPSA) is 22.4 Å². The van der Waals surface area contributed by atoms with Crippen molar-refractivity contribution in [3.8, 4) is 16.9 Å². The Balaban J connectivity index is 2.53. The molecule has 0 bridgehead atoms. The van der Waals surface area contributed by atoms with E-state index in [9.17, 15) is 0 Å². The van der Waals surface area contributed by atoms with Crippen LogP contribution in [-0.2, 0) is 0 Å². The third-order valence-corrected chi connectivity index (χ3v) is 2.85. The first-order valence-corrected chi connectivity index (χ1v) is 5.50. The Kier molecular flexibility index (Phi) is 3.05. The zero-order valence-corrected chi connectivity index (χ0v) is 10.4. The molecule has 0 atom stereocenters. The number of benzene rings is 1. The lowest BCUT2D eigenvalue weighted by molar-refractivity contribution is 0.414. The maximum atomic E-state index is 5.28. The lowest BCUT2D eigenvalue weighted by Crippen LogP contribution is -1.88. The highest BCUT2D eigenvalue weighted by Crippen LogP contribution is 2.32. The fourth-order valence-corrected chi connectivity index (χ4v) is 1.90. The van der Waals surface area contributed by atoms with Gasteiger partial charge in [-0.2, -0.15) is 0 Å². The molecule has 0 fully saturated rings. The summed E-state index contributed by atoms with van der Waals surface area (Å²) in [5.41, 5.74) is 5.45. The molecule has 0 spiro atoms. The molecule has 2 rings (SSSR count). The van der Waals surface area contributed by atoms with E-state index < -0.39 is 0 Å². The van der Waals surface area contributed by atoms with E-state index in [1.165, 1.54) is 0 Å². The highest BCUT2D eigenvalue weighted by Gasteiger charge is 2.11. The molecule has 0 saturated heterocycles. The number of hydrogen-bond donors (Lipinski definition) is 0. The van der Waals surface area contributed by atoms with Gasteiger partial charge < -0.3 is 9.15 Å². The maximum Gasteiger partial charge on any atom is 0.119 e. The number of aryl methyl sites for hydroxylation is 1. The molecule has 2 nitrogen and oxygen atoms in total. The third-order valence-electron chi connectivity index (χ3n) is 2.85. The third kappa shape index (κ3) is 2.11. The van der Waals surface area contributed by atoms with Gasteiger partial charge in [-0.3, -0.25) is 0 Å². The summed E-state index contributed by atoms with van der Waals surface area (Å²) in [5, 5.41) is 0. The Morgan fingerprint density at radius 1 is 1.24 bits per heavy atom. The van der Waals surface area contributed by atoms with Gasteiger partial charge in [-0.25, -0.2) is 0 Å². The summed E-state index contributed by atoms with van der Waals surface area (Å²) in [6.45, 7) is 8.00. The molecule has 1 aromatic heterocycles. The maximum absolute atomic E-state index is 5.28. The SMILES string of the molecule is C=C(C)c1cocc1-c1ccc(OC)cc1C. The summed E-state index contributed by atoms with van der Waals surface area (Å²) in [6.07, 6.45) is 3.50. The zero-order valence-electron chi connectivity index (χ0n) is 10.4. The van der Waals surface area contributed by atoms with E-state index in [4.69, 9.17) is 9.15 Å². The van der Waals surface area contributed by atoms with Crippen molar-refractivity contribution >= 4 is 5.57 Å². The summed E-state index contributed by atoms with van der Waals surface area (Å²) in [5.74, 6) is 0.867. The molecule has 17 heavy (non-hydrogen) atoms. The Bertz CT molecular complexity index is 550. The average molecular weight is 228 g/mol. The van der Waals surface area contributed by atoms with Crippen molar-refractivity contribution in [2.75, 3.05) is 7.11 Å². The van der Waals surface area contributed by atoms with Crippen molar-refractivity contribution in [2.24, 2.45) is 0 Å². The second-order valence-corrected chi connectivity index (χ2v) is 4.16. The van der Waals surface area contributed by atoms with Crippen molar-refractivity contribution < 1.29 is 9.15 Å². The monoisotopic (exact) mass is 228 g/mol. The van der Waals surface area contributed by atoms with E-state index in [1.54, 1.807) is 19.6 Å². The van der Waals surface area contributed by atoms with Crippen LogP contribution in [0.1, 0.15) is 18.1 Å². The number of methoxy groups -OCH3 is 1. The van der Waals surface area contributed by atoms with E-state index in [0.717, 1.165) is 33.6 Å². The summed E-state index contributed by atoms with van der Waals surface area (Å²) < 4.78 is 10.5. The first-order chi connectivity index (χ1) is 8.13. The van der Waals surface area contributed by atoms with Gasteiger partial charge in [0, 0.05) is 11.1 Å². The molecule has 0 amide bonds. The molecule has 88 valence electrons. The average Bonchev–Trinajstić information content (AvgIpc) is 2.77. The smallest absolute Gasteiger partial charge is 0.119 e. The van der Waals surface area contributed by atoms with Crippen LogP contribution < -0.4 is 4.74 Å². The van der Waals surface area contributed by atoms with Crippen LogP contribution in [0.5, 0.6) is 5.75 Å². The molecular weight excluding hydrogens is 212 g/mol. The predicted octanol–water partition coefficient (Wildman–Crippen LogP) is 4.30. The molecule has 0 radical (unpaired) electrons. The van der Waals surface area contributed by atoms with Gasteiger partial charge in [0.2, 0.25) is 0 Å². The molecule has 1 aromatic carbocycles. The van der Waals surface area contributed by atoms with Crippen molar-refractivity contribution in [3.63, 3.8) is 0 Å². The molecule has 0 aliphatic carbocycles. The predicted molar refractivity (Wildman–Crippen MR) is 70.1 cm³/mol. The largest absolute Gasteiger partial charge is 0.497 e. The van der Waals surface area contributed by atoms with Gasteiger partial charge >= 0.3 is 0 Å². The van der Waals surface area contributed by atoms with Gasteiger partial charge in [-0.1, -0.05) is 12.6 Å². The Hall–Kier alpha value is -1.96. The van der Waals surface area contributed by atoms with E-state index in [0.29, 0.717) is 0 Å². The van der Waals surface area contributed by atoms with Gasteiger partial charge in [-0.15, -0.1) is 0 Å². The van der Waals surface area contributed by atoms with E-state index >= 15 is 0 Å². The van der Waals surface area contributed by atoms with Crippen LogP contribution in [0.4, 0.5) is 0 Å². The van der Waals surface area contributed by atoms with Crippen LogP contribution in [0, 0.1) is 6.92 Å². The molecule has 0 saturated carbocycles. The van der Waals surface area contributed by atoms with Crippen LogP contribution in [0.25, 0.3) is 16.7 Å². The van der Waals surface area contributed by atoms with Gasteiger partial charge in [-0.05, 0) is 42.7 Å². The Morgan fingerprint density at radius 2 is 2.00 bits per heavy atom. The number of rotatable bonds is 3. The fraction of sp³-hybridized carbons (Fsp3) is 0.200. The normalized spacial score (nSPS) is 10.3. The van der Waals surface area contributed by atoms with Crippen LogP contribution in [0.2, 0.25) is 0 Å². The van der Waals surface area contributed by atoms with E-state index in [2.05, 4.69) is 13.5 Å². The first kappa shape index (κ1) is 11.5. The van der Waals surface area contributed by atoms with Gasteiger partial charge in [0.15, 0.2) is 0 Å². The van der Waals surface area contributed by atoms with Crippen LogP contribution in [-0.4, -0.2) is 7.11 Å². The van der Waals surface area contributed by atoms with Crippen LogP contribution >= 0.6 is 0 Å².